The summed E-state index contributed by atoms with van der Waals surface area (Å²) in [5, 5.41) is 20.8. The van der Waals surface area contributed by atoms with Crippen LogP contribution in [0.1, 0.15) is 32.6 Å². The number of halogens is 1. The summed E-state index contributed by atoms with van der Waals surface area (Å²) in [7, 11) is 0. The van der Waals surface area contributed by atoms with Gasteiger partial charge in [0.25, 0.3) is 0 Å². The number of aliphatic hydroxyl groups excluding tert-OH is 1. The van der Waals surface area contributed by atoms with E-state index in [2.05, 4.69) is 40.8 Å². The molecule has 0 bridgehead atoms. The number of aliphatic hydroxyl groups is 1. The summed E-state index contributed by atoms with van der Waals surface area (Å²) >= 11 is 6.48. The normalized spacial score (nSPS) is 15.4. The summed E-state index contributed by atoms with van der Waals surface area (Å²) in [6.07, 6.45) is 2.69. The van der Waals surface area contributed by atoms with Crippen molar-refractivity contribution in [1.82, 2.24) is 25.3 Å². The van der Waals surface area contributed by atoms with Gasteiger partial charge in [0, 0.05) is 43.8 Å². The molecule has 0 unspecified atom stereocenters. The van der Waals surface area contributed by atoms with Crippen molar-refractivity contribution < 1.29 is 5.11 Å². The topological polar surface area (TPSA) is 111 Å². The van der Waals surface area contributed by atoms with Crippen LogP contribution in [0.25, 0.3) is 10.9 Å². The highest BCUT2D eigenvalue weighted by Crippen LogP contribution is 2.33. The maximum atomic E-state index is 10.0. The lowest BCUT2D eigenvalue weighted by Crippen LogP contribution is -2.43. The second-order valence-corrected chi connectivity index (χ2v) is 8.23. The van der Waals surface area contributed by atoms with Crippen molar-refractivity contribution in [2.75, 3.05) is 41.7 Å². The molecular formula is C21H27ClN8O. The average molecular weight is 443 g/mol. The van der Waals surface area contributed by atoms with Crippen molar-refractivity contribution in [3.63, 3.8) is 0 Å². The average Bonchev–Trinajstić information content (AvgIpc) is 2.76. The fraction of sp³-hybridized carbons (Fsp3) is 0.429. The minimum Gasteiger partial charge on any atom is -0.387 e. The van der Waals surface area contributed by atoms with Crippen LogP contribution in [-0.4, -0.2) is 57.3 Å². The van der Waals surface area contributed by atoms with E-state index in [0.29, 0.717) is 39.2 Å². The number of hydrogen-bond donors (Lipinski definition) is 4. The van der Waals surface area contributed by atoms with Gasteiger partial charge < -0.3 is 26.0 Å². The second kappa shape index (κ2) is 9.17. The Morgan fingerprint density at radius 2 is 1.87 bits per heavy atom. The molecule has 1 aliphatic rings. The van der Waals surface area contributed by atoms with Gasteiger partial charge in [0.15, 0.2) is 5.82 Å². The van der Waals surface area contributed by atoms with Crippen LogP contribution in [0.3, 0.4) is 0 Å². The molecule has 0 radical (unpaired) electrons. The number of nitrogens with one attached hydrogen (secondary N) is 3. The maximum Gasteiger partial charge on any atom is 0.229 e. The molecule has 164 valence electrons. The van der Waals surface area contributed by atoms with E-state index in [0.717, 1.165) is 31.9 Å². The number of aromatic nitrogens is 4. The van der Waals surface area contributed by atoms with Gasteiger partial charge in [-0.2, -0.15) is 0 Å². The minimum atomic E-state index is -0.805. The van der Waals surface area contributed by atoms with Crippen molar-refractivity contribution in [3.05, 3.63) is 35.2 Å². The first-order valence-electron chi connectivity index (χ1n) is 10.4. The number of rotatable bonds is 6. The van der Waals surface area contributed by atoms with E-state index < -0.39 is 6.10 Å². The van der Waals surface area contributed by atoms with Crippen LogP contribution in [-0.2, 0) is 0 Å². The quantitative estimate of drug-likeness (QED) is 0.457. The zero-order valence-corrected chi connectivity index (χ0v) is 18.6. The van der Waals surface area contributed by atoms with Gasteiger partial charge in [-0.05, 0) is 32.9 Å². The van der Waals surface area contributed by atoms with Crippen molar-refractivity contribution in [2.45, 2.75) is 32.9 Å². The van der Waals surface area contributed by atoms with Gasteiger partial charge in [0.1, 0.15) is 11.3 Å². The van der Waals surface area contributed by atoms with Gasteiger partial charge in [-0.25, -0.2) is 19.9 Å². The number of hydrogen-bond acceptors (Lipinski definition) is 9. The van der Waals surface area contributed by atoms with E-state index in [-0.39, 0.29) is 6.04 Å². The smallest absolute Gasteiger partial charge is 0.229 e. The van der Waals surface area contributed by atoms with Crippen LogP contribution >= 0.6 is 11.6 Å². The highest BCUT2D eigenvalue weighted by Gasteiger charge is 2.19. The molecule has 0 amide bonds. The fourth-order valence-electron chi connectivity index (χ4n) is 3.48. The molecular weight excluding hydrogens is 416 g/mol. The van der Waals surface area contributed by atoms with Gasteiger partial charge in [0.05, 0.1) is 28.7 Å². The van der Waals surface area contributed by atoms with E-state index in [1.165, 1.54) is 0 Å². The predicted octanol–water partition coefficient (Wildman–Crippen LogP) is 3.10. The molecule has 4 N–H and O–H groups in total. The highest BCUT2D eigenvalue weighted by atomic mass is 35.5. The summed E-state index contributed by atoms with van der Waals surface area (Å²) < 4.78 is 0. The molecule has 0 aromatic carbocycles. The van der Waals surface area contributed by atoms with Crippen LogP contribution in [0.15, 0.2) is 24.5 Å². The molecule has 0 aliphatic carbocycles. The molecule has 9 nitrogen and oxygen atoms in total. The lowest BCUT2D eigenvalue weighted by atomic mass is 10.2. The van der Waals surface area contributed by atoms with Crippen LogP contribution in [0.4, 0.5) is 23.3 Å². The fourth-order valence-corrected chi connectivity index (χ4v) is 3.82. The number of piperazine rings is 1. The van der Waals surface area contributed by atoms with Crippen molar-refractivity contribution in [3.8, 4) is 0 Å². The van der Waals surface area contributed by atoms with Gasteiger partial charge in [-0.15, -0.1) is 0 Å². The van der Waals surface area contributed by atoms with Crippen LogP contribution in [0.2, 0.25) is 5.02 Å². The van der Waals surface area contributed by atoms with Crippen molar-refractivity contribution in [1.29, 1.82) is 0 Å². The standard InChI is InChI=1S/C21H27ClN8O/c1-12(2)26-20-19-15(17(22)18(28-20)13(3)31)11-25-21(29-19)27-16-5-4-14(10-24-16)30-8-6-23-7-9-30/h4-5,10-13,23,31H,6-9H2,1-3H3,(H,26,28)(H,24,25,27,29)/t13-/m1/s1. The van der Waals surface area contributed by atoms with Crippen molar-refractivity contribution >= 4 is 45.8 Å². The Kier molecular flexibility index (Phi) is 6.35. The Labute approximate surface area is 186 Å². The lowest BCUT2D eigenvalue weighted by Gasteiger charge is -2.29. The monoisotopic (exact) mass is 442 g/mol. The van der Waals surface area contributed by atoms with Crippen LogP contribution < -0.4 is 20.9 Å². The third-order valence-corrected chi connectivity index (χ3v) is 5.39. The Hall–Kier alpha value is -2.75. The number of pyridine rings is 2. The predicted molar refractivity (Wildman–Crippen MR) is 124 cm³/mol. The molecule has 1 saturated heterocycles. The van der Waals surface area contributed by atoms with E-state index in [1.54, 1.807) is 13.1 Å². The summed E-state index contributed by atoms with van der Waals surface area (Å²) in [6.45, 7) is 9.54. The van der Waals surface area contributed by atoms with E-state index in [1.807, 2.05) is 32.2 Å². The molecule has 1 fully saturated rings. The van der Waals surface area contributed by atoms with Crippen LogP contribution in [0, 0.1) is 0 Å². The molecule has 31 heavy (non-hydrogen) atoms. The molecule has 3 aromatic heterocycles. The van der Waals surface area contributed by atoms with Gasteiger partial charge in [0.2, 0.25) is 5.95 Å². The van der Waals surface area contributed by atoms with E-state index >= 15 is 0 Å². The first-order chi connectivity index (χ1) is 14.9. The summed E-state index contributed by atoms with van der Waals surface area (Å²) in [5.74, 6) is 1.60. The Balaban J connectivity index is 1.63. The van der Waals surface area contributed by atoms with Crippen LogP contribution in [0.5, 0.6) is 0 Å². The maximum absolute atomic E-state index is 10.0. The Bertz CT molecular complexity index is 1050. The van der Waals surface area contributed by atoms with E-state index in [4.69, 9.17) is 11.6 Å². The minimum absolute atomic E-state index is 0.129. The van der Waals surface area contributed by atoms with Gasteiger partial charge in [-0.3, -0.25) is 0 Å². The van der Waals surface area contributed by atoms with Gasteiger partial charge >= 0.3 is 0 Å². The molecule has 1 aliphatic heterocycles. The Morgan fingerprint density at radius 3 is 2.52 bits per heavy atom. The molecule has 10 heteroatoms. The summed E-state index contributed by atoms with van der Waals surface area (Å²) in [4.78, 5) is 20.3. The zero-order chi connectivity index (χ0) is 22.0. The first-order valence-corrected chi connectivity index (χ1v) is 10.8. The number of fused-ring (bicyclic) bond motifs is 1. The SMILES string of the molecule is CC(C)Nc1nc([C@@H](C)O)c(Cl)c2cnc(Nc3ccc(N4CCNCC4)cn3)nc12. The molecule has 4 heterocycles. The highest BCUT2D eigenvalue weighted by molar-refractivity contribution is 6.36. The zero-order valence-electron chi connectivity index (χ0n) is 17.9. The lowest BCUT2D eigenvalue weighted by molar-refractivity contribution is 0.195. The first kappa shape index (κ1) is 21.5. The molecule has 3 aromatic rings. The summed E-state index contributed by atoms with van der Waals surface area (Å²) in [5.41, 5.74) is 2.07. The molecule has 1 atom stereocenters. The second-order valence-electron chi connectivity index (χ2n) is 7.85. The summed E-state index contributed by atoms with van der Waals surface area (Å²) in [6, 6.07) is 4.09. The third kappa shape index (κ3) is 4.79. The molecule has 4 rings (SSSR count). The number of nitrogens with zero attached hydrogens (tertiary/aromatic N) is 5. The number of anilines is 4. The molecule has 0 spiro atoms. The molecule has 0 saturated carbocycles. The Morgan fingerprint density at radius 1 is 1.10 bits per heavy atom. The van der Waals surface area contributed by atoms with Gasteiger partial charge in [-0.1, -0.05) is 11.6 Å². The van der Waals surface area contributed by atoms with Crippen molar-refractivity contribution in [2.24, 2.45) is 0 Å². The largest absolute Gasteiger partial charge is 0.387 e. The van der Waals surface area contributed by atoms with E-state index in [9.17, 15) is 5.11 Å². The third-order valence-electron chi connectivity index (χ3n) is 5.00.